The zero-order valence-electron chi connectivity index (χ0n) is 9.30. The molecule has 96 valence electrons. The number of rotatable bonds is 5. The summed E-state index contributed by atoms with van der Waals surface area (Å²) in [5, 5.41) is 0. The fourth-order valence-electron chi connectivity index (χ4n) is 1.86. The van der Waals surface area contributed by atoms with Crippen molar-refractivity contribution in [1.29, 1.82) is 0 Å². The number of nitrogens with two attached hydrogens (primary N) is 1. The second-order valence-corrected chi connectivity index (χ2v) is 4.06. The topological polar surface area (TPSA) is 38.5 Å². The molecule has 0 aromatic heterocycles. The third-order valence-electron chi connectivity index (χ3n) is 2.86. The van der Waals surface area contributed by atoms with Crippen molar-refractivity contribution in [3.63, 3.8) is 0 Å². The molecule has 1 fully saturated rings. The molecule has 1 heterocycles. The fourth-order valence-corrected chi connectivity index (χ4v) is 1.86. The molecule has 6 heteroatoms. The normalized spacial score (nSPS) is 20.2. The molecule has 2 N–H and O–H groups in total. The van der Waals surface area contributed by atoms with E-state index in [1.807, 2.05) is 4.90 Å². The maximum atomic E-state index is 12.4. The van der Waals surface area contributed by atoms with Gasteiger partial charge in [-0.15, -0.1) is 0 Å². The molecule has 0 aromatic rings. The van der Waals surface area contributed by atoms with Crippen LogP contribution in [0.5, 0.6) is 0 Å². The molecule has 0 atom stereocenters. The van der Waals surface area contributed by atoms with Gasteiger partial charge in [-0.1, -0.05) is 0 Å². The molecule has 1 saturated heterocycles. The minimum atomic E-state index is -4.03. The molecule has 16 heavy (non-hydrogen) atoms. The molecule has 0 bridgehead atoms. The van der Waals surface area contributed by atoms with Crippen molar-refractivity contribution in [3.8, 4) is 0 Å². The largest absolute Gasteiger partial charge is 0.391 e. The fraction of sp³-hybridized carbons (Fsp3) is 1.00. The van der Waals surface area contributed by atoms with E-state index < -0.39 is 12.1 Å². The van der Waals surface area contributed by atoms with Crippen LogP contribution in [0.1, 0.15) is 12.8 Å². The van der Waals surface area contributed by atoms with Gasteiger partial charge in [-0.05, 0) is 25.9 Å². The Bertz CT molecular complexity index is 191. The molecule has 0 aliphatic carbocycles. The Kier molecular flexibility index (Phi) is 5.51. The van der Waals surface area contributed by atoms with Crippen LogP contribution in [0.2, 0.25) is 0 Å². The molecule has 0 radical (unpaired) electrons. The highest BCUT2D eigenvalue weighted by Gasteiger charge is 2.40. The average molecular weight is 240 g/mol. The van der Waals surface area contributed by atoms with E-state index in [-0.39, 0.29) is 12.8 Å². The van der Waals surface area contributed by atoms with Crippen molar-refractivity contribution < 1.29 is 17.9 Å². The predicted molar refractivity (Wildman–Crippen MR) is 55.1 cm³/mol. The quantitative estimate of drug-likeness (QED) is 0.735. The van der Waals surface area contributed by atoms with Crippen LogP contribution in [0, 0.1) is 5.92 Å². The summed E-state index contributed by atoms with van der Waals surface area (Å²) in [5.74, 6) is -1.12. The van der Waals surface area contributed by atoms with E-state index in [1.54, 1.807) is 0 Å². The van der Waals surface area contributed by atoms with Gasteiger partial charge in [-0.3, -0.25) is 0 Å². The van der Waals surface area contributed by atoms with Crippen LogP contribution >= 0.6 is 0 Å². The van der Waals surface area contributed by atoms with Gasteiger partial charge in [0, 0.05) is 13.1 Å². The predicted octanol–water partition coefficient (Wildman–Crippen LogP) is 1.24. The lowest BCUT2D eigenvalue weighted by atomic mass is 9.96. The lowest BCUT2D eigenvalue weighted by Gasteiger charge is -2.32. The van der Waals surface area contributed by atoms with Crippen molar-refractivity contribution in [2.24, 2.45) is 11.7 Å². The van der Waals surface area contributed by atoms with Crippen LogP contribution in [0.15, 0.2) is 0 Å². The van der Waals surface area contributed by atoms with Gasteiger partial charge in [0.15, 0.2) is 0 Å². The molecular formula is C10H19F3N2O. The molecule has 0 aromatic carbocycles. The van der Waals surface area contributed by atoms with E-state index >= 15 is 0 Å². The van der Waals surface area contributed by atoms with Gasteiger partial charge in [-0.2, -0.15) is 13.2 Å². The molecule has 0 saturated carbocycles. The zero-order valence-corrected chi connectivity index (χ0v) is 9.30. The summed E-state index contributed by atoms with van der Waals surface area (Å²) in [6, 6.07) is 0. The maximum absolute atomic E-state index is 12.4. The Morgan fingerprint density at radius 1 is 1.19 bits per heavy atom. The minimum Gasteiger partial charge on any atom is -0.379 e. The summed E-state index contributed by atoms with van der Waals surface area (Å²) in [6.45, 7) is 3.26. The smallest absolute Gasteiger partial charge is 0.379 e. The lowest BCUT2D eigenvalue weighted by molar-refractivity contribution is -0.185. The van der Waals surface area contributed by atoms with Crippen LogP contribution in [-0.2, 0) is 4.74 Å². The van der Waals surface area contributed by atoms with Crippen LogP contribution in [0.25, 0.3) is 0 Å². The first-order valence-electron chi connectivity index (χ1n) is 5.61. The van der Waals surface area contributed by atoms with Gasteiger partial charge in [0.05, 0.1) is 19.1 Å². The first-order valence-corrected chi connectivity index (χ1v) is 5.61. The van der Waals surface area contributed by atoms with Gasteiger partial charge in [0.1, 0.15) is 0 Å². The Balaban J connectivity index is 2.12. The van der Waals surface area contributed by atoms with Crippen LogP contribution in [0.3, 0.4) is 0 Å². The Morgan fingerprint density at radius 2 is 1.81 bits per heavy atom. The van der Waals surface area contributed by atoms with Gasteiger partial charge >= 0.3 is 6.18 Å². The summed E-state index contributed by atoms with van der Waals surface area (Å²) >= 11 is 0. The van der Waals surface area contributed by atoms with Gasteiger partial charge in [0.2, 0.25) is 0 Å². The highest BCUT2D eigenvalue weighted by molar-refractivity contribution is 4.76. The number of piperidine rings is 1. The summed E-state index contributed by atoms with van der Waals surface area (Å²) in [4.78, 5) is 2.01. The number of hydrogen-bond acceptors (Lipinski definition) is 3. The van der Waals surface area contributed by atoms with E-state index in [0.717, 1.165) is 0 Å². The van der Waals surface area contributed by atoms with Crippen molar-refractivity contribution >= 4 is 0 Å². The van der Waals surface area contributed by atoms with Crippen molar-refractivity contribution in [3.05, 3.63) is 0 Å². The molecule has 1 aliphatic rings. The monoisotopic (exact) mass is 240 g/mol. The minimum absolute atomic E-state index is 0.209. The van der Waals surface area contributed by atoms with Gasteiger partial charge in [0.25, 0.3) is 0 Å². The van der Waals surface area contributed by atoms with E-state index in [9.17, 15) is 13.2 Å². The van der Waals surface area contributed by atoms with Gasteiger partial charge < -0.3 is 15.4 Å². The first-order chi connectivity index (χ1) is 7.54. The second kappa shape index (κ2) is 6.42. The Morgan fingerprint density at radius 3 is 2.31 bits per heavy atom. The van der Waals surface area contributed by atoms with Crippen molar-refractivity contribution in [2.45, 2.75) is 19.0 Å². The molecule has 3 nitrogen and oxygen atoms in total. The number of ether oxygens (including phenoxy) is 1. The van der Waals surface area contributed by atoms with E-state index in [2.05, 4.69) is 0 Å². The average Bonchev–Trinajstić information content (AvgIpc) is 2.24. The zero-order chi connectivity index (χ0) is 12.0. The number of likely N-dealkylation sites (tertiary alicyclic amines) is 1. The standard InChI is InChI=1S/C10H19F3N2O/c11-10(12,13)9-1-4-15(5-2-9)6-8-16-7-3-14/h9H,1-8,14H2. The highest BCUT2D eigenvalue weighted by atomic mass is 19.4. The van der Waals surface area contributed by atoms with Crippen molar-refractivity contribution in [2.75, 3.05) is 39.4 Å². The van der Waals surface area contributed by atoms with Crippen LogP contribution < -0.4 is 5.73 Å². The number of alkyl halides is 3. The van der Waals surface area contributed by atoms with Crippen molar-refractivity contribution in [1.82, 2.24) is 4.90 Å². The Hall–Kier alpha value is -0.330. The molecule has 0 unspecified atom stereocenters. The molecule has 1 rings (SSSR count). The SMILES string of the molecule is NCCOCCN1CCC(C(F)(F)F)CC1. The molecular weight excluding hydrogens is 221 g/mol. The number of nitrogens with zero attached hydrogens (tertiary/aromatic N) is 1. The van der Waals surface area contributed by atoms with Crippen LogP contribution in [0.4, 0.5) is 13.2 Å². The number of hydrogen-bond donors (Lipinski definition) is 1. The number of halogens is 3. The van der Waals surface area contributed by atoms with Gasteiger partial charge in [-0.25, -0.2) is 0 Å². The first kappa shape index (κ1) is 13.7. The van der Waals surface area contributed by atoms with E-state index in [4.69, 9.17) is 10.5 Å². The Labute approximate surface area is 93.7 Å². The summed E-state index contributed by atoms with van der Waals surface area (Å²) in [5.41, 5.74) is 5.25. The summed E-state index contributed by atoms with van der Waals surface area (Å²) in [6.07, 6.45) is -3.61. The maximum Gasteiger partial charge on any atom is 0.391 e. The molecule has 0 amide bonds. The second-order valence-electron chi connectivity index (χ2n) is 4.06. The summed E-state index contributed by atoms with van der Waals surface area (Å²) in [7, 11) is 0. The molecule has 0 spiro atoms. The molecule has 1 aliphatic heterocycles. The van der Waals surface area contributed by atoms with E-state index in [1.165, 1.54) is 0 Å². The lowest BCUT2D eigenvalue weighted by Crippen LogP contribution is -2.40. The van der Waals surface area contributed by atoms with E-state index in [0.29, 0.717) is 39.4 Å². The summed E-state index contributed by atoms with van der Waals surface area (Å²) < 4.78 is 42.3. The third-order valence-corrected chi connectivity index (χ3v) is 2.86. The highest BCUT2D eigenvalue weighted by Crippen LogP contribution is 2.33. The van der Waals surface area contributed by atoms with Crippen LogP contribution in [-0.4, -0.2) is 50.5 Å². The third kappa shape index (κ3) is 4.67.